The van der Waals surface area contributed by atoms with Crippen molar-refractivity contribution in [1.29, 1.82) is 5.26 Å². The maximum absolute atomic E-state index is 9.90. The summed E-state index contributed by atoms with van der Waals surface area (Å²) in [6.45, 7) is 6.37. The largest absolute Gasteiger partial charge is 0.261 e. The van der Waals surface area contributed by atoms with Gasteiger partial charge in [0.1, 0.15) is 6.07 Å². The Labute approximate surface area is 144 Å². The summed E-state index contributed by atoms with van der Waals surface area (Å²) in [6.07, 6.45) is 8.44. The van der Waals surface area contributed by atoms with Crippen LogP contribution in [-0.2, 0) is 19.3 Å². The Morgan fingerprint density at radius 3 is 2.71 bits per heavy atom. The number of aromatic nitrogens is 2. The Bertz CT molecular complexity index is 784. The molecule has 2 aromatic rings. The summed E-state index contributed by atoms with van der Waals surface area (Å²) in [4.78, 5) is 9.36. The molecule has 0 atom stereocenters. The van der Waals surface area contributed by atoms with Gasteiger partial charge in [0.15, 0.2) is 0 Å². The van der Waals surface area contributed by atoms with Crippen molar-refractivity contribution in [2.75, 3.05) is 0 Å². The molecule has 0 aromatic carbocycles. The van der Waals surface area contributed by atoms with Crippen molar-refractivity contribution in [3.8, 4) is 17.2 Å². The topological polar surface area (TPSA) is 49.6 Å². The fraction of sp³-hybridized carbons (Fsp3) is 0.476. The van der Waals surface area contributed by atoms with E-state index in [1.165, 1.54) is 30.5 Å². The summed E-state index contributed by atoms with van der Waals surface area (Å²) in [5, 5.41) is 9.90. The Morgan fingerprint density at radius 1 is 1.21 bits per heavy atom. The maximum atomic E-state index is 9.90. The SMILES string of the molecule is CCc1cc(-c2c(C#N)c(C(C)C)nc3c2CCCCC3)ccn1. The Morgan fingerprint density at radius 2 is 2.00 bits per heavy atom. The summed E-state index contributed by atoms with van der Waals surface area (Å²) in [7, 11) is 0. The number of nitrogens with zero attached hydrogens (tertiary/aromatic N) is 3. The minimum Gasteiger partial charge on any atom is -0.261 e. The molecule has 3 nitrogen and oxygen atoms in total. The molecule has 0 unspecified atom stereocenters. The van der Waals surface area contributed by atoms with Crippen LogP contribution in [0.15, 0.2) is 18.3 Å². The van der Waals surface area contributed by atoms with Crippen molar-refractivity contribution >= 4 is 0 Å². The highest BCUT2D eigenvalue weighted by Gasteiger charge is 2.23. The summed E-state index contributed by atoms with van der Waals surface area (Å²) < 4.78 is 0. The number of aryl methyl sites for hydroxylation is 2. The molecule has 0 spiro atoms. The number of hydrogen-bond acceptors (Lipinski definition) is 3. The summed E-state index contributed by atoms with van der Waals surface area (Å²) >= 11 is 0. The monoisotopic (exact) mass is 319 g/mol. The van der Waals surface area contributed by atoms with Gasteiger partial charge in [-0.15, -0.1) is 0 Å². The van der Waals surface area contributed by atoms with E-state index in [1.807, 2.05) is 12.3 Å². The van der Waals surface area contributed by atoms with E-state index in [1.54, 1.807) is 0 Å². The molecule has 0 radical (unpaired) electrons. The quantitative estimate of drug-likeness (QED) is 0.750. The van der Waals surface area contributed by atoms with Gasteiger partial charge in [0.2, 0.25) is 0 Å². The van der Waals surface area contributed by atoms with E-state index < -0.39 is 0 Å². The molecule has 0 saturated carbocycles. The van der Waals surface area contributed by atoms with E-state index in [9.17, 15) is 5.26 Å². The maximum Gasteiger partial charge on any atom is 0.102 e. The number of nitriles is 1. The molecule has 0 amide bonds. The van der Waals surface area contributed by atoms with Gasteiger partial charge >= 0.3 is 0 Å². The van der Waals surface area contributed by atoms with E-state index in [0.29, 0.717) is 0 Å². The molecule has 0 aliphatic heterocycles. The van der Waals surface area contributed by atoms with Crippen LogP contribution >= 0.6 is 0 Å². The van der Waals surface area contributed by atoms with Gasteiger partial charge in [0.05, 0.1) is 11.3 Å². The highest BCUT2D eigenvalue weighted by molar-refractivity contribution is 5.76. The lowest BCUT2D eigenvalue weighted by Crippen LogP contribution is -2.09. The highest BCUT2D eigenvalue weighted by atomic mass is 14.7. The van der Waals surface area contributed by atoms with Crippen molar-refractivity contribution in [2.24, 2.45) is 0 Å². The second kappa shape index (κ2) is 7.13. The molecule has 2 aromatic heterocycles. The molecule has 0 N–H and O–H groups in total. The van der Waals surface area contributed by atoms with E-state index in [-0.39, 0.29) is 5.92 Å². The van der Waals surface area contributed by atoms with Gasteiger partial charge in [-0.25, -0.2) is 0 Å². The second-order valence-corrected chi connectivity index (χ2v) is 6.89. The van der Waals surface area contributed by atoms with Gasteiger partial charge < -0.3 is 0 Å². The molecule has 1 aliphatic rings. The number of pyridine rings is 2. The predicted octanol–water partition coefficient (Wildman–Crippen LogP) is 4.97. The molecule has 3 heteroatoms. The van der Waals surface area contributed by atoms with Gasteiger partial charge in [-0.2, -0.15) is 5.26 Å². The first-order chi connectivity index (χ1) is 11.7. The lowest BCUT2D eigenvalue weighted by Gasteiger charge is -2.19. The molecule has 3 rings (SSSR count). The van der Waals surface area contributed by atoms with Crippen LogP contribution in [0.25, 0.3) is 11.1 Å². The fourth-order valence-electron chi connectivity index (χ4n) is 3.62. The van der Waals surface area contributed by atoms with Crippen molar-refractivity contribution in [3.05, 3.63) is 46.5 Å². The van der Waals surface area contributed by atoms with Gasteiger partial charge in [0, 0.05) is 23.1 Å². The predicted molar refractivity (Wildman–Crippen MR) is 96.9 cm³/mol. The van der Waals surface area contributed by atoms with Crippen LogP contribution in [0.4, 0.5) is 0 Å². The third-order valence-electron chi connectivity index (χ3n) is 4.88. The van der Waals surface area contributed by atoms with Crippen molar-refractivity contribution < 1.29 is 0 Å². The lowest BCUT2D eigenvalue weighted by molar-refractivity contribution is 0.706. The van der Waals surface area contributed by atoms with Crippen LogP contribution in [0.3, 0.4) is 0 Å². The fourth-order valence-corrected chi connectivity index (χ4v) is 3.62. The van der Waals surface area contributed by atoms with E-state index in [4.69, 9.17) is 4.98 Å². The molecular weight excluding hydrogens is 294 g/mol. The zero-order valence-electron chi connectivity index (χ0n) is 14.9. The minimum atomic E-state index is 0.249. The zero-order chi connectivity index (χ0) is 17.1. The lowest BCUT2D eigenvalue weighted by atomic mass is 9.88. The minimum absolute atomic E-state index is 0.249. The normalized spacial score (nSPS) is 14.1. The Kier molecular flexibility index (Phi) is 4.94. The average Bonchev–Trinajstić information content (AvgIpc) is 2.85. The summed E-state index contributed by atoms with van der Waals surface area (Å²) in [6, 6.07) is 6.66. The van der Waals surface area contributed by atoms with Crippen molar-refractivity contribution in [2.45, 2.75) is 65.2 Å². The third-order valence-corrected chi connectivity index (χ3v) is 4.88. The molecule has 1 aliphatic carbocycles. The Balaban J connectivity index is 2.32. The van der Waals surface area contributed by atoms with Gasteiger partial charge in [-0.3, -0.25) is 9.97 Å². The van der Waals surface area contributed by atoms with Crippen LogP contribution in [0.2, 0.25) is 0 Å². The van der Waals surface area contributed by atoms with E-state index >= 15 is 0 Å². The first kappa shape index (κ1) is 16.6. The van der Waals surface area contributed by atoms with Gasteiger partial charge in [0.25, 0.3) is 0 Å². The summed E-state index contributed by atoms with van der Waals surface area (Å²) in [5.74, 6) is 0.249. The van der Waals surface area contributed by atoms with Gasteiger partial charge in [-0.1, -0.05) is 27.2 Å². The van der Waals surface area contributed by atoms with Crippen LogP contribution in [0.1, 0.15) is 74.2 Å². The molecule has 124 valence electrons. The van der Waals surface area contributed by atoms with Crippen LogP contribution in [0.5, 0.6) is 0 Å². The number of rotatable bonds is 3. The first-order valence-corrected chi connectivity index (χ1v) is 9.06. The molecular formula is C21H25N3. The van der Waals surface area contributed by atoms with Crippen LogP contribution in [0, 0.1) is 11.3 Å². The number of fused-ring (bicyclic) bond motifs is 1. The van der Waals surface area contributed by atoms with Crippen molar-refractivity contribution in [1.82, 2.24) is 9.97 Å². The highest BCUT2D eigenvalue weighted by Crippen LogP contribution is 2.36. The molecule has 24 heavy (non-hydrogen) atoms. The van der Waals surface area contributed by atoms with E-state index in [0.717, 1.165) is 47.3 Å². The molecule has 0 fully saturated rings. The number of hydrogen-bond donors (Lipinski definition) is 0. The standard InChI is InChI=1S/C21H25N3/c1-4-16-12-15(10-11-23-16)20-17-8-6-5-7-9-19(17)24-21(14(2)3)18(20)13-22/h10-12,14H,4-9H2,1-3H3. The van der Waals surface area contributed by atoms with Crippen molar-refractivity contribution in [3.63, 3.8) is 0 Å². The smallest absolute Gasteiger partial charge is 0.102 e. The van der Waals surface area contributed by atoms with Crippen LogP contribution < -0.4 is 0 Å². The first-order valence-electron chi connectivity index (χ1n) is 9.06. The second-order valence-electron chi connectivity index (χ2n) is 6.89. The Hall–Kier alpha value is -2.21. The van der Waals surface area contributed by atoms with Gasteiger partial charge in [-0.05, 0) is 61.3 Å². The third kappa shape index (κ3) is 3.06. The van der Waals surface area contributed by atoms with Crippen LogP contribution in [-0.4, -0.2) is 9.97 Å². The zero-order valence-corrected chi connectivity index (χ0v) is 14.9. The molecule has 0 bridgehead atoms. The average molecular weight is 319 g/mol. The molecule has 0 saturated heterocycles. The summed E-state index contributed by atoms with van der Waals surface area (Å²) in [5.41, 5.74) is 7.52. The molecule has 2 heterocycles. The van der Waals surface area contributed by atoms with E-state index in [2.05, 4.69) is 37.9 Å².